The van der Waals surface area contributed by atoms with Crippen molar-refractivity contribution in [2.75, 3.05) is 13.1 Å². The van der Waals surface area contributed by atoms with E-state index in [-0.39, 0.29) is 16.7 Å². The van der Waals surface area contributed by atoms with Crippen LogP contribution in [0.25, 0.3) is 10.4 Å². The van der Waals surface area contributed by atoms with Gasteiger partial charge in [-0.15, -0.1) is 29.2 Å². The van der Waals surface area contributed by atoms with Crippen molar-refractivity contribution in [3.63, 3.8) is 0 Å². The molecule has 164 valence electrons. The summed E-state index contributed by atoms with van der Waals surface area (Å²) < 4.78 is 56.7. The monoisotopic (exact) mass is 466 g/mol. The minimum absolute atomic E-state index is 0.00147. The van der Waals surface area contributed by atoms with Crippen LogP contribution < -0.4 is 9.46 Å². The molecule has 1 N–H and O–H groups in total. The van der Waals surface area contributed by atoms with Gasteiger partial charge >= 0.3 is 6.36 Å². The lowest BCUT2D eigenvalue weighted by molar-refractivity contribution is -0.274. The summed E-state index contributed by atoms with van der Waals surface area (Å²) >= 11 is 0.0947. The first-order valence-corrected chi connectivity index (χ1v) is 11.8. The molecule has 9 heteroatoms. The Morgan fingerprint density at radius 2 is 1.94 bits per heavy atom. The molecule has 1 aromatic heterocycles. The number of halogens is 3. The summed E-state index contributed by atoms with van der Waals surface area (Å²) in [6.45, 7) is 2.38. The van der Waals surface area contributed by atoms with Gasteiger partial charge in [-0.25, -0.2) is 0 Å². The molecule has 4 nitrogen and oxygen atoms in total. The zero-order valence-corrected chi connectivity index (χ0v) is 18.1. The minimum Gasteiger partial charge on any atom is -0.593 e. The van der Waals surface area contributed by atoms with Gasteiger partial charge < -0.3 is 9.29 Å². The van der Waals surface area contributed by atoms with Crippen molar-refractivity contribution in [1.29, 1.82) is 0 Å². The second-order valence-electron chi connectivity index (χ2n) is 7.30. The van der Waals surface area contributed by atoms with Gasteiger partial charge in [0.15, 0.2) is 4.90 Å². The third-order valence-electron chi connectivity index (χ3n) is 4.97. The van der Waals surface area contributed by atoms with Crippen molar-refractivity contribution in [2.45, 2.75) is 30.3 Å². The lowest BCUT2D eigenvalue weighted by Gasteiger charge is -2.18. The van der Waals surface area contributed by atoms with Crippen LogP contribution in [0, 0.1) is 0 Å². The third-order valence-corrected chi connectivity index (χ3v) is 7.11. The molecule has 1 fully saturated rings. The van der Waals surface area contributed by atoms with Gasteiger partial charge in [0.2, 0.25) is 0 Å². The first-order valence-electron chi connectivity index (χ1n) is 9.75. The molecule has 3 aromatic rings. The first-order chi connectivity index (χ1) is 14.9. The molecule has 1 saturated heterocycles. The van der Waals surface area contributed by atoms with E-state index in [1.165, 1.54) is 34.2 Å². The Balaban J connectivity index is 1.29. The highest BCUT2D eigenvalue weighted by molar-refractivity contribution is 7.89. The van der Waals surface area contributed by atoms with Gasteiger partial charge in [0, 0.05) is 30.6 Å². The summed E-state index contributed by atoms with van der Waals surface area (Å²) in [6.07, 6.45) is -3.96. The molecule has 0 bridgehead atoms. The molecule has 2 aromatic carbocycles. The van der Waals surface area contributed by atoms with E-state index in [9.17, 15) is 17.7 Å². The van der Waals surface area contributed by atoms with Gasteiger partial charge in [0.1, 0.15) is 5.75 Å². The summed E-state index contributed by atoms with van der Waals surface area (Å²) in [5.74, 6) is -0.376. The average Bonchev–Trinajstić information content (AvgIpc) is 3.40. The molecule has 31 heavy (non-hydrogen) atoms. The van der Waals surface area contributed by atoms with Crippen molar-refractivity contribution >= 4 is 22.7 Å². The molecule has 1 aliphatic heterocycles. The summed E-state index contributed by atoms with van der Waals surface area (Å²) in [7, 11) is 0. The number of rotatable bonds is 7. The fourth-order valence-corrected chi connectivity index (χ4v) is 5.34. The van der Waals surface area contributed by atoms with E-state index in [2.05, 4.69) is 50.1 Å². The Labute approximate surface area is 186 Å². The van der Waals surface area contributed by atoms with Crippen LogP contribution in [0.5, 0.6) is 5.75 Å². The Morgan fingerprint density at radius 1 is 1.13 bits per heavy atom. The molecule has 2 heterocycles. The zero-order valence-electron chi connectivity index (χ0n) is 16.5. The van der Waals surface area contributed by atoms with Gasteiger partial charge in [-0.3, -0.25) is 4.90 Å². The van der Waals surface area contributed by atoms with Gasteiger partial charge in [-0.05, 0) is 41.1 Å². The number of thiophene rings is 1. The molecule has 1 aliphatic rings. The van der Waals surface area contributed by atoms with Crippen LogP contribution in [-0.2, 0) is 17.9 Å². The van der Waals surface area contributed by atoms with Crippen LogP contribution in [-0.4, -0.2) is 34.9 Å². The molecule has 4 rings (SSSR count). The number of nitrogens with zero attached hydrogens (tertiary/aromatic N) is 1. The van der Waals surface area contributed by atoms with Gasteiger partial charge in [-0.2, -0.15) is 0 Å². The number of hydrogen-bond donors (Lipinski definition) is 1. The summed E-state index contributed by atoms with van der Waals surface area (Å²) in [6, 6.07) is 17.9. The largest absolute Gasteiger partial charge is 0.593 e. The van der Waals surface area contributed by atoms with E-state index < -0.39 is 17.7 Å². The topological polar surface area (TPSA) is 47.6 Å². The highest BCUT2D eigenvalue weighted by Gasteiger charge is 2.32. The average molecular weight is 467 g/mol. The van der Waals surface area contributed by atoms with Crippen molar-refractivity contribution < 1.29 is 22.5 Å². The normalized spacial score (nSPS) is 18.3. The van der Waals surface area contributed by atoms with E-state index in [4.69, 9.17) is 0 Å². The van der Waals surface area contributed by atoms with Crippen LogP contribution in [0.15, 0.2) is 70.9 Å². The Morgan fingerprint density at radius 3 is 2.65 bits per heavy atom. The maximum absolute atomic E-state index is 12.6. The van der Waals surface area contributed by atoms with Crippen LogP contribution in [0.1, 0.15) is 12.0 Å². The van der Waals surface area contributed by atoms with E-state index >= 15 is 0 Å². The minimum atomic E-state index is -4.78. The molecule has 0 amide bonds. The van der Waals surface area contributed by atoms with Gasteiger partial charge in [0.25, 0.3) is 0 Å². The predicted molar refractivity (Wildman–Crippen MR) is 116 cm³/mol. The maximum Gasteiger partial charge on any atom is 0.573 e. The highest BCUT2D eigenvalue weighted by Crippen LogP contribution is 2.27. The standard InChI is InChI=1S/C22H21F3N2O2S2/c23-22(24,25)29-19-3-1-4-20(13-19)31(28)26-18-10-11-27(15-18)14-16-6-8-17(9-7-16)21-5-2-12-30-21/h1-9,12-13,18,26H,10-11,14-15H2/t18-,31+/m1/s1. The van der Waals surface area contributed by atoms with Crippen LogP contribution in [0.3, 0.4) is 0 Å². The number of hydrogen-bond acceptors (Lipinski definition) is 5. The number of likely N-dealkylation sites (tertiary alicyclic amines) is 1. The van der Waals surface area contributed by atoms with Gasteiger partial charge in [-0.1, -0.05) is 36.4 Å². The fourth-order valence-electron chi connectivity index (χ4n) is 3.55. The van der Waals surface area contributed by atoms with Crippen molar-refractivity contribution in [3.05, 3.63) is 71.6 Å². The number of alkyl halides is 3. The molecule has 0 radical (unpaired) electrons. The molecule has 0 aliphatic carbocycles. The van der Waals surface area contributed by atoms with E-state index in [0.29, 0.717) is 0 Å². The Hall–Kier alpha value is -2.04. The highest BCUT2D eigenvalue weighted by atomic mass is 32.2. The Bertz CT molecular complexity index is 981. The third kappa shape index (κ3) is 6.24. The Kier molecular flexibility index (Phi) is 6.88. The number of nitrogens with one attached hydrogen (secondary N) is 1. The second-order valence-corrected chi connectivity index (χ2v) is 9.50. The summed E-state index contributed by atoms with van der Waals surface area (Å²) in [5.41, 5.74) is 2.41. The lowest BCUT2D eigenvalue weighted by Crippen LogP contribution is -2.37. The van der Waals surface area contributed by atoms with Crippen LogP contribution in [0.2, 0.25) is 0 Å². The van der Waals surface area contributed by atoms with Crippen LogP contribution >= 0.6 is 11.3 Å². The van der Waals surface area contributed by atoms with Crippen LogP contribution in [0.4, 0.5) is 13.2 Å². The quantitative estimate of drug-likeness (QED) is 0.486. The predicted octanol–water partition coefficient (Wildman–Crippen LogP) is 5.20. The van der Waals surface area contributed by atoms with E-state index in [1.807, 2.05) is 6.07 Å². The van der Waals surface area contributed by atoms with Crippen molar-refractivity contribution in [3.8, 4) is 16.2 Å². The zero-order chi connectivity index (χ0) is 21.8. The molecule has 0 unspecified atom stereocenters. The molecule has 2 atom stereocenters. The fraction of sp³-hybridized carbons (Fsp3) is 0.273. The van der Waals surface area contributed by atoms with Crippen molar-refractivity contribution in [1.82, 2.24) is 9.62 Å². The SMILES string of the molecule is [O-][S@+](N[C@@H]1CCN(Cc2ccc(-c3cccs3)cc2)C1)c1cccc(OC(F)(F)F)c1. The number of ether oxygens (including phenoxy) is 1. The van der Waals surface area contributed by atoms with E-state index in [0.717, 1.165) is 32.1 Å². The van der Waals surface area contributed by atoms with Gasteiger partial charge in [0.05, 0.1) is 17.4 Å². The number of benzene rings is 2. The maximum atomic E-state index is 12.6. The summed E-state index contributed by atoms with van der Waals surface area (Å²) in [5, 5.41) is 2.06. The smallest absolute Gasteiger partial charge is 0.573 e. The van der Waals surface area contributed by atoms with Crippen molar-refractivity contribution in [2.24, 2.45) is 0 Å². The first kappa shape index (κ1) is 22.2. The lowest BCUT2D eigenvalue weighted by atomic mass is 10.1. The molecule has 0 spiro atoms. The summed E-state index contributed by atoms with van der Waals surface area (Å²) in [4.78, 5) is 3.77. The molecular formula is C22H21F3N2O2S2. The molecular weight excluding hydrogens is 445 g/mol. The molecule has 0 saturated carbocycles. The second kappa shape index (κ2) is 9.62. The van der Waals surface area contributed by atoms with E-state index in [1.54, 1.807) is 11.3 Å².